The summed E-state index contributed by atoms with van der Waals surface area (Å²) in [7, 11) is 0. The van der Waals surface area contributed by atoms with E-state index in [0.717, 1.165) is 6.07 Å². The van der Waals surface area contributed by atoms with Crippen molar-refractivity contribution in [2.24, 2.45) is 0 Å². The van der Waals surface area contributed by atoms with Crippen LogP contribution in [-0.2, 0) is 0 Å². The quantitative estimate of drug-likeness (QED) is 0.739. The Hall–Kier alpha value is -2.54. The summed E-state index contributed by atoms with van der Waals surface area (Å²) in [5.74, 6) is -0.657. The summed E-state index contributed by atoms with van der Waals surface area (Å²) in [5.41, 5.74) is 6.80. The predicted octanol–water partition coefficient (Wildman–Crippen LogP) is 2.84. The Kier molecular flexibility index (Phi) is 3.26. The third kappa shape index (κ3) is 2.43. The van der Waals surface area contributed by atoms with Crippen LogP contribution in [0.4, 0.5) is 14.5 Å². The van der Waals surface area contributed by atoms with Gasteiger partial charge in [0.25, 0.3) is 0 Å². The number of rotatable bonds is 2. The highest BCUT2D eigenvalue weighted by molar-refractivity contribution is 6.32. The first-order chi connectivity index (χ1) is 10.1. The molecule has 0 aliphatic heterocycles. The highest BCUT2D eigenvalue weighted by atomic mass is 35.5. The van der Waals surface area contributed by atoms with Crippen LogP contribution in [0.1, 0.15) is 0 Å². The lowest BCUT2D eigenvalue weighted by atomic mass is 10.1. The molecule has 106 valence electrons. The number of anilines is 1. The van der Waals surface area contributed by atoms with E-state index in [-0.39, 0.29) is 16.5 Å². The zero-order valence-corrected chi connectivity index (χ0v) is 11.2. The molecule has 1 heterocycles. The van der Waals surface area contributed by atoms with Gasteiger partial charge < -0.3 is 5.73 Å². The third-order valence-electron chi connectivity index (χ3n) is 2.86. The maximum atomic E-state index is 13.1. The number of nitrogen functional groups attached to an aromatic ring is 1. The molecule has 0 aliphatic rings. The van der Waals surface area contributed by atoms with E-state index in [0.29, 0.717) is 11.3 Å². The number of nitrogens with two attached hydrogens (primary N) is 1. The number of aromatic nitrogens is 4. The topological polar surface area (TPSA) is 69.6 Å². The molecule has 5 nitrogen and oxygen atoms in total. The highest BCUT2D eigenvalue weighted by Gasteiger charge is 2.16. The molecule has 0 spiro atoms. The number of tetrazole rings is 1. The molecule has 0 aliphatic carbocycles. The van der Waals surface area contributed by atoms with Crippen molar-refractivity contribution in [3.05, 3.63) is 53.1 Å². The summed E-state index contributed by atoms with van der Waals surface area (Å²) in [6.07, 6.45) is 0. The minimum absolute atomic E-state index is 0.143. The average molecular weight is 308 g/mol. The molecule has 0 saturated heterocycles. The van der Waals surface area contributed by atoms with Gasteiger partial charge in [-0.3, -0.25) is 0 Å². The molecule has 0 saturated carbocycles. The van der Waals surface area contributed by atoms with Crippen molar-refractivity contribution in [3.8, 4) is 17.1 Å². The first-order valence-corrected chi connectivity index (χ1v) is 6.23. The first-order valence-electron chi connectivity index (χ1n) is 5.85. The summed E-state index contributed by atoms with van der Waals surface area (Å²) in [6.45, 7) is 0. The van der Waals surface area contributed by atoms with Crippen LogP contribution in [0, 0.1) is 11.6 Å². The van der Waals surface area contributed by atoms with Crippen LogP contribution >= 0.6 is 11.6 Å². The minimum atomic E-state index is -0.473. The van der Waals surface area contributed by atoms with E-state index in [4.69, 9.17) is 17.3 Å². The Morgan fingerprint density at radius 3 is 2.48 bits per heavy atom. The molecular weight excluding hydrogens is 300 g/mol. The fraction of sp³-hybridized carbons (Fsp3) is 0. The molecule has 2 N–H and O–H groups in total. The largest absolute Gasteiger partial charge is 0.398 e. The molecule has 2 aromatic carbocycles. The molecule has 0 fully saturated rings. The maximum Gasteiger partial charge on any atom is 0.189 e. The number of benzene rings is 2. The van der Waals surface area contributed by atoms with Gasteiger partial charge in [0.2, 0.25) is 0 Å². The Labute approximate surface area is 123 Å². The van der Waals surface area contributed by atoms with Crippen LogP contribution in [0.2, 0.25) is 5.02 Å². The molecule has 21 heavy (non-hydrogen) atoms. The van der Waals surface area contributed by atoms with Crippen molar-refractivity contribution in [1.82, 2.24) is 20.2 Å². The zero-order chi connectivity index (χ0) is 15.0. The van der Waals surface area contributed by atoms with Gasteiger partial charge in [0.05, 0.1) is 10.7 Å². The Morgan fingerprint density at radius 2 is 1.76 bits per heavy atom. The van der Waals surface area contributed by atoms with Crippen molar-refractivity contribution < 1.29 is 8.78 Å². The smallest absolute Gasteiger partial charge is 0.189 e. The normalized spacial score (nSPS) is 10.8. The number of hydrogen-bond acceptors (Lipinski definition) is 4. The second-order valence-corrected chi connectivity index (χ2v) is 4.65. The Morgan fingerprint density at radius 1 is 1.05 bits per heavy atom. The van der Waals surface area contributed by atoms with Crippen LogP contribution in [-0.4, -0.2) is 20.2 Å². The van der Waals surface area contributed by atoms with Crippen LogP contribution < -0.4 is 5.73 Å². The number of halogens is 3. The van der Waals surface area contributed by atoms with Gasteiger partial charge in [-0.25, -0.2) is 8.78 Å². The monoisotopic (exact) mass is 307 g/mol. The molecule has 0 unspecified atom stereocenters. The Balaban J connectivity index is 2.17. The molecule has 1 aromatic heterocycles. The fourth-order valence-electron chi connectivity index (χ4n) is 1.91. The fourth-order valence-corrected chi connectivity index (χ4v) is 2.15. The molecule has 0 atom stereocenters. The Bertz CT molecular complexity index is 752. The average Bonchev–Trinajstić information content (AvgIpc) is 2.87. The zero-order valence-electron chi connectivity index (χ0n) is 10.5. The first kappa shape index (κ1) is 13.4. The minimum Gasteiger partial charge on any atom is -0.398 e. The summed E-state index contributed by atoms with van der Waals surface area (Å²) in [6, 6.07) is 7.70. The summed E-state index contributed by atoms with van der Waals surface area (Å²) < 4.78 is 27.5. The lowest BCUT2D eigenvalue weighted by molar-refractivity contribution is 0.626. The van der Waals surface area contributed by atoms with E-state index in [9.17, 15) is 8.78 Å². The van der Waals surface area contributed by atoms with Crippen molar-refractivity contribution >= 4 is 17.3 Å². The second kappa shape index (κ2) is 5.10. The van der Waals surface area contributed by atoms with Crippen LogP contribution in [0.15, 0.2) is 36.4 Å². The van der Waals surface area contributed by atoms with Crippen molar-refractivity contribution in [3.63, 3.8) is 0 Å². The van der Waals surface area contributed by atoms with E-state index in [1.807, 2.05) is 0 Å². The van der Waals surface area contributed by atoms with Gasteiger partial charge in [-0.05, 0) is 46.8 Å². The third-order valence-corrected chi connectivity index (χ3v) is 3.16. The predicted molar refractivity (Wildman–Crippen MR) is 73.9 cm³/mol. The van der Waals surface area contributed by atoms with Gasteiger partial charge in [-0.2, -0.15) is 4.68 Å². The van der Waals surface area contributed by atoms with Crippen LogP contribution in [0.5, 0.6) is 0 Å². The van der Waals surface area contributed by atoms with Gasteiger partial charge in [-0.15, -0.1) is 5.10 Å². The highest BCUT2D eigenvalue weighted by Crippen LogP contribution is 2.28. The van der Waals surface area contributed by atoms with Crippen molar-refractivity contribution in [1.29, 1.82) is 0 Å². The molecule has 0 amide bonds. The maximum absolute atomic E-state index is 13.1. The SMILES string of the molecule is Nc1cc(F)ccc1-c1nnnn1-c1ccc(F)cc1Cl. The lowest BCUT2D eigenvalue weighted by Crippen LogP contribution is -2.03. The molecule has 3 rings (SSSR count). The molecule has 3 aromatic rings. The van der Waals surface area contributed by atoms with Gasteiger partial charge in [0.15, 0.2) is 5.82 Å². The molecule has 8 heteroatoms. The van der Waals surface area contributed by atoms with E-state index >= 15 is 0 Å². The van der Waals surface area contributed by atoms with Crippen molar-refractivity contribution in [2.45, 2.75) is 0 Å². The standard InChI is InChI=1S/C13H8ClF2N5/c14-10-5-7(15)2-4-12(10)21-13(18-19-20-21)9-3-1-8(16)6-11(9)17/h1-6H,17H2. The van der Waals surface area contributed by atoms with E-state index in [2.05, 4.69) is 15.5 Å². The van der Waals surface area contributed by atoms with E-state index in [1.54, 1.807) is 0 Å². The number of hydrogen-bond donors (Lipinski definition) is 1. The summed E-state index contributed by atoms with van der Waals surface area (Å²) >= 11 is 6.00. The van der Waals surface area contributed by atoms with Crippen LogP contribution in [0.25, 0.3) is 17.1 Å². The van der Waals surface area contributed by atoms with Gasteiger partial charge in [-0.1, -0.05) is 11.6 Å². The molecular formula is C13H8ClF2N5. The van der Waals surface area contributed by atoms with Gasteiger partial charge in [0.1, 0.15) is 11.6 Å². The van der Waals surface area contributed by atoms with Crippen molar-refractivity contribution in [2.75, 3.05) is 5.73 Å². The van der Waals surface area contributed by atoms with E-state index in [1.165, 1.54) is 35.0 Å². The van der Waals surface area contributed by atoms with E-state index < -0.39 is 11.6 Å². The lowest BCUT2D eigenvalue weighted by Gasteiger charge is -2.08. The van der Waals surface area contributed by atoms with Gasteiger partial charge in [0, 0.05) is 11.3 Å². The summed E-state index contributed by atoms with van der Waals surface area (Å²) in [5, 5.41) is 11.4. The molecule has 0 radical (unpaired) electrons. The second-order valence-electron chi connectivity index (χ2n) is 4.24. The number of nitrogens with zero attached hydrogens (tertiary/aromatic N) is 4. The summed E-state index contributed by atoms with van der Waals surface area (Å²) in [4.78, 5) is 0. The van der Waals surface area contributed by atoms with Gasteiger partial charge >= 0.3 is 0 Å². The molecule has 0 bridgehead atoms. The van der Waals surface area contributed by atoms with Crippen LogP contribution in [0.3, 0.4) is 0 Å².